The summed E-state index contributed by atoms with van der Waals surface area (Å²) in [6, 6.07) is 20.1. The molecule has 0 unspecified atom stereocenters. The molecule has 22 heavy (non-hydrogen) atoms. The van der Waals surface area contributed by atoms with E-state index in [-0.39, 0.29) is 0 Å². The van der Waals surface area contributed by atoms with Gasteiger partial charge in [-0.05, 0) is 17.8 Å². The number of benzene rings is 2. The summed E-state index contributed by atoms with van der Waals surface area (Å²) in [7, 11) is 0. The van der Waals surface area contributed by atoms with Crippen LogP contribution >= 0.6 is 12.2 Å². The van der Waals surface area contributed by atoms with E-state index in [1.165, 1.54) is 5.56 Å². The van der Waals surface area contributed by atoms with Gasteiger partial charge in [0.05, 0.1) is 0 Å². The Labute approximate surface area is 134 Å². The quantitative estimate of drug-likeness (QED) is 0.703. The molecular formula is C17H16N4S. The maximum Gasteiger partial charge on any atom is 0.214 e. The van der Waals surface area contributed by atoms with Gasteiger partial charge in [-0.15, -0.1) is 0 Å². The van der Waals surface area contributed by atoms with Crippen LogP contribution in [-0.4, -0.2) is 21.4 Å². The van der Waals surface area contributed by atoms with Gasteiger partial charge >= 0.3 is 0 Å². The van der Waals surface area contributed by atoms with Crippen molar-refractivity contribution in [3.8, 4) is 11.4 Å². The second-order valence-electron chi connectivity index (χ2n) is 4.73. The van der Waals surface area contributed by atoms with Gasteiger partial charge in [0, 0.05) is 12.1 Å². The third-order valence-electron chi connectivity index (χ3n) is 3.18. The lowest BCUT2D eigenvalue weighted by atomic mass is 10.2. The first-order chi connectivity index (χ1) is 10.8. The summed E-state index contributed by atoms with van der Waals surface area (Å²) < 4.78 is 2.34. The SMILES string of the molecule is S=c1[nH]nc(-c2ccccc2)n1NC/C=C/c1ccccc1. The van der Waals surface area contributed by atoms with Crippen LogP contribution in [0.5, 0.6) is 0 Å². The van der Waals surface area contributed by atoms with E-state index >= 15 is 0 Å². The summed E-state index contributed by atoms with van der Waals surface area (Å²) >= 11 is 5.27. The Balaban J connectivity index is 1.72. The zero-order chi connectivity index (χ0) is 15.2. The molecule has 0 radical (unpaired) electrons. The molecule has 0 spiro atoms. The Morgan fingerprint density at radius 1 is 1.05 bits per heavy atom. The lowest BCUT2D eigenvalue weighted by Crippen LogP contribution is -2.16. The molecule has 0 aliphatic heterocycles. The molecule has 1 aromatic heterocycles. The second kappa shape index (κ2) is 6.87. The van der Waals surface area contributed by atoms with Crippen molar-refractivity contribution < 1.29 is 0 Å². The summed E-state index contributed by atoms with van der Waals surface area (Å²) in [5.41, 5.74) is 5.44. The molecule has 0 atom stereocenters. The van der Waals surface area contributed by atoms with Crippen LogP contribution in [0.3, 0.4) is 0 Å². The highest BCUT2D eigenvalue weighted by atomic mass is 32.1. The predicted molar refractivity (Wildman–Crippen MR) is 92.6 cm³/mol. The van der Waals surface area contributed by atoms with Crippen LogP contribution in [-0.2, 0) is 0 Å². The zero-order valence-corrected chi connectivity index (χ0v) is 12.8. The number of rotatable bonds is 5. The number of H-pyrrole nitrogens is 1. The normalized spacial score (nSPS) is 10.9. The smallest absolute Gasteiger partial charge is 0.214 e. The Hall–Kier alpha value is -2.66. The number of aromatic nitrogens is 3. The lowest BCUT2D eigenvalue weighted by Gasteiger charge is -2.07. The van der Waals surface area contributed by atoms with Crippen molar-refractivity contribution in [2.45, 2.75) is 0 Å². The minimum absolute atomic E-state index is 0.548. The van der Waals surface area contributed by atoms with Crippen molar-refractivity contribution >= 4 is 18.3 Å². The van der Waals surface area contributed by atoms with Crippen molar-refractivity contribution in [3.05, 3.63) is 77.1 Å². The van der Waals surface area contributed by atoms with Gasteiger partial charge in [0.2, 0.25) is 4.77 Å². The molecule has 2 N–H and O–H groups in total. The monoisotopic (exact) mass is 308 g/mol. The maximum absolute atomic E-state index is 5.27. The average molecular weight is 308 g/mol. The molecule has 0 saturated carbocycles. The molecule has 2 aromatic carbocycles. The fraction of sp³-hybridized carbons (Fsp3) is 0.0588. The molecule has 0 fully saturated rings. The summed E-state index contributed by atoms with van der Waals surface area (Å²) in [6.45, 7) is 0.655. The first-order valence-electron chi connectivity index (χ1n) is 7.03. The van der Waals surface area contributed by atoms with Gasteiger partial charge in [-0.3, -0.25) is 0 Å². The summed E-state index contributed by atoms with van der Waals surface area (Å²) in [4.78, 5) is 0. The van der Waals surface area contributed by atoms with Gasteiger partial charge in [-0.2, -0.15) is 5.10 Å². The standard InChI is InChI=1S/C17H16N4S/c22-17-20-19-16(15-11-5-2-6-12-15)21(17)18-13-7-10-14-8-3-1-4-9-14/h1-12,18H,13H2,(H,20,22)/b10-7+. The Morgan fingerprint density at radius 2 is 1.73 bits per heavy atom. The summed E-state index contributed by atoms with van der Waals surface area (Å²) in [5.74, 6) is 0.777. The van der Waals surface area contributed by atoms with E-state index in [9.17, 15) is 0 Å². The fourth-order valence-corrected chi connectivity index (χ4v) is 2.32. The topological polar surface area (TPSA) is 45.6 Å². The van der Waals surface area contributed by atoms with E-state index in [1.54, 1.807) is 4.68 Å². The number of aromatic amines is 1. The molecule has 0 bridgehead atoms. The van der Waals surface area contributed by atoms with Crippen molar-refractivity contribution in [3.63, 3.8) is 0 Å². The van der Waals surface area contributed by atoms with Gasteiger partial charge in [0.25, 0.3) is 0 Å². The van der Waals surface area contributed by atoms with Crippen molar-refractivity contribution in [1.82, 2.24) is 14.9 Å². The van der Waals surface area contributed by atoms with Crippen LogP contribution in [0, 0.1) is 4.77 Å². The molecule has 0 aliphatic rings. The molecule has 3 aromatic rings. The number of nitrogens with zero attached hydrogens (tertiary/aromatic N) is 2. The van der Waals surface area contributed by atoms with Crippen LogP contribution in [0.15, 0.2) is 66.7 Å². The second-order valence-corrected chi connectivity index (χ2v) is 5.12. The van der Waals surface area contributed by atoms with E-state index in [4.69, 9.17) is 12.2 Å². The number of nitrogens with one attached hydrogen (secondary N) is 2. The molecule has 110 valence electrons. The molecule has 1 heterocycles. The Morgan fingerprint density at radius 3 is 2.45 bits per heavy atom. The van der Waals surface area contributed by atoms with E-state index in [2.05, 4.69) is 39.9 Å². The first kappa shape index (κ1) is 14.3. The fourth-order valence-electron chi connectivity index (χ4n) is 2.13. The summed E-state index contributed by atoms with van der Waals surface area (Å²) in [6.07, 6.45) is 4.12. The van der Waals surface area contributed by atoms with E-state index < -0.39 is 0 Å². The third kappa shape index (κ3) is 3.32. The van der Waals surface area contributed by atoms with Gasteiger partial charge < -0.3 is 5.43 Å². The molecule has 3 rings (SSSR count). The van der Waals surface area contributed by atoms with Crippen molar-refractivity contribution in [2.75, 3.05) is 12.0 Å². The highest BCUT2D eigenvalue weighted by Gasteiger charge is 2.06. The van der Waals surface area contributed by atoms with Crippen LogP contribution in [0.4, 0.5) is 0 Å². The van der Waals surface area contributed by atoms with Crippen LogP contribution < -0.4 is 5.43 Å². The highest BCUT2D eigenvalue weighted by Crippen LogP contribution is 2.15. The minimum atomic E-state index is 0.548. The molecule has 0 saturated heterocycles. The largest absolute Gasteiger partial charge is 0.318 e. The number of hydrogen-bond donors (Lipinski definition) is 2. The maximum atomic E-state index is 5.27. The third-order valence-corrected chi connectivity index (χ3v) is 3.46. The van der Waals surface area contributed by atoms with Gasteiger partial charge in [0.1, 0.15) is 0 Å². The summed E-state index contributed by atoms with van der Waals surface area (Å²) in [5, 5.41) is 7.11. The molecule has 0 aliphatic carbocycles. The minimum Gasteiger partial charge on any atom is -0.318 e. The predicted octanol–water partition coefficient (Wildman–Crippen LogP) is 3.86. The van der Waals surface area contributed by atoms with Gasteiger partial charge in [-0.1, -0.05) is 72.8 Å². The van der Waals surface area contributed by atoms with E-state index in [0.717, 1.165) is 11.4 Å². The Bertz CT molecular complexity index is 803. The van der Waals surface area contributed by atoms with Gasteiger partial charge in [-0.25, -0.2) is 9.77 Å². The average Bonchev–Trinajstić information content (AvgIpc) is 2.94. The van der Waals surface area contributed by atoms with Crippen LogP contribution in [0.25, 0.3) is 17.5 Å². The van der Waals surface area contributed by atoms with Crippen molar-refractivity contribution in [2.24, 2.45) is 0 Å². The van der Waals surface area contributed by atoms with Crippen LogP contribution in [0.1, 0.15) is 5.56 Å². The van der Waals surface area contributed by atoms with E-state index in [0.29, 0.717) is 11.3 Å². The highest BCUT2D eigenvalue weighted by molar-refractivity contribution is 7.71. The lowest BCUT2D eigenvalue weighted by molar-refractivity contribution is 0.879. The zero-order valence-electron chi connectivity index (χ0n) is 11.9. The molecule has 0 amide bonds. The van der Waals surface area contributed by atoms with E-state index in [1.807, 2.05) is 48.5 Å². The van der Waals surface area contributed by atoms with Gasteiger partial charge in [0.15, 0.2) is 5.82 Å². The number of hydrogen-bond acceptors (Lipinski definition) is 3. The molecular weight excluding hydrogens is 292 g/mol. The Kier molecular flexibility index (Phi) is 4.46. The first-order valence-corrected chi connectivity index (χ1v) is 7.44. The molecule has 5 heteroatoms. The van der Waals surface area contributed by atoms with Crippen molar-refractivity contribution in [1.29, 1.82) is 0 Å². The molecule has 4 nitrogen and oxygen atoms in total. The van der Waals surface area contributed by atoms with Crippen LogP contribution in [0.2, 0.25) is 0 Å².